The van der Waals surface area contributed by atoms with Gasteiger partial charge in [-0.05, 0) is 0 Å². The molecule has 0 heterocycles. The van der Waals surface area contributed by atoms with Gasteiger partial charge in [-0.2, -0.15) is 6.58 Å². The predicted molar refractivity (Wildman–Crippen MR) is 36.9 cm³/mol. The maximum absolute atomic E-state index is 9.25. The van der Waals surface area contributed by atoms with Gasteiger partial charge < -0.3 is 5.11 Å². The summed E-state index contributed by atoms with van der Waals surface area (Å²) in [6.45, 7) is 9.50. The largest absolute Gasteiger partial charge is 1.00 e. The van der Waals surface area contributed by atoms with Gasteiger partial charge in [0.25, 0.3) is 0 Å². The number of hydrogen-bond donors (Lipinski definition) is 1. The zero-order chi connectivity index (χ0) is 7.70. The standard InChI is InChI=1S/C4H5.C3H4O2.Na/c1-3-4-2;1-2-3(4)5;/h3H,1-2H2;2H,1H2,(H,4,5);/q-1;;+1. The smallest absolute Gasteiger partial charge is 0.478 e. The summed E-state index contributed by atoms with van der Waals surface area (Å²) in [5.41, 5.74) is 0. The van der Waals surface area contributed by atoms with Crippen molar-refractivity contribution in [2.75, 3.05) is 0 Å². The van der Waals surface area contributed by atoms with Crippen LogP contribution in [-0.2, 0) is 4.79 Å². The molecule has 0 aromatic heterocycles. The number of rotatable bonds is 2. The van der Waals surface area contributed by atoms with Crippen molar-refractivity contribution < 1.29 is 39.5 Å². The quantitative estimate of drug-likeness (QED) is 0.222. The molecule has 0 radical (unpaired) electrons. The minimum atomic E-state index is -0.981. The average Bonchev–Trinajstić information content (AvgIpc) is 1.89. The van der Waals surface area contributed by atoms with E-state index < -0.39 is 5.97 Å². The second-order valence-electron chi connectivity index (χ2n) is 0.951. The summed E-state index contributed by atoms with van der Waals surface area (Å²) in [4.78, 5) is 9.25. The van der Waals surface area contributed by atoms with Crippen LogP contribution in [0.15, 0.2) is 31.9 Å². The first-order valence-corrected chi connectivity index (χ1v) is 2.18. The SMILES string of the molecule is C=CC(=O)O.C=[C-]C=C.[Na+]. The average molecular weight is 148 g/mol. The summed E-state index contributed by atoms with van der Waals surface area (Å²) in [7, 11) is 0. The van der Waals surface area contributed by atoms with Crippen LogP contribution in [0.3, 0.4) is 0 Å². The summed E-state index contributed by atoms with van der Waals surface area (Å²) in [6, 6.07) is 0. The number of allylic oxidation sites excluding steroid dienone is 2. The van der Waals surface area contributed by atoms with Crippen molar-refractivity contribution in [3.05, 3.63) is 38.0 Å². The molecule has 0 amide bonds. The van der Waals surface area contributed by atoms with E-state index in [2.05, 4.69) is 25.8 Å². The van der Waals surface area contributed by atoms with Gasteiger partial charge in [0.05, 0.1) is 0 Å². The number of carboxylic acid groups (broad SMARTS) is 1. The molecule has 10 heavy (non-hydrogen) atoms. The van der Waals surface area contributed by atoms with Gasteiger partial charge in [-0.25, -0.2) is 17.4 Å². The molecule has 0 aromatic carbocycles. The topological polar surface area (TPSA) is 37.3 Å². The Morgan fingerprint density at radius 2 is 1.70 bits per heavy atom. The van der Waals surface area contributed by atoms with Crippen molar-refractivity contribution in [2.24, 2.45) is 0 Å². The second kappa shape index (κ2) is 15.9. The van der Waals surface area contributed by atoms with Gasteiger partial charge in [-0.3, -0.25) is 6.08 Å². The number of hydrogen-bond acceptors (Lipinski definition) is 1. The third-order valence-corrected chi connectivity index (χ3v) is 0.319. The third-order valence-electron chi connectivity index (χ3n) is 0.319. The number of carbonyl (C=O) groups is 1. The van der Waals surface area contributed by atoms with Gasteiger partial charge in [-0.1, -0.05) is 6.58 Å². The molecule has 0 bridgehead atoms. The van der Waals surface area contributed by atoms with Crippen LogP contribution in [0.1, 0.15) is 0 Å². The molecule has 0 fully saturated rings. The van der Waals surface area contributed by atoms with Gasteiger partial charge in [0.1, 0.15) is 0 Å². The first-order chi connectivity index (χ1) is 4.18. The molecule has 2 nitrogen and oxygen atoms in total. The Morgan fingerprint density at radius 3 is 1.70 bits per heavy atom. The van der Waals surface area contributed by atoms with Crippen LogP contribution >= 0.6 is 0 Å². The molecule has 0 aliphatic heterocycles. The van der Waals surface area contributed by atoms with Crippen molar-refractivity contribution in [3.8, 4) is 0 Å². The minimum absolute atomic E-state index is 0. The van der Waals surface area contributed by atoms with Crippen LogP contribution in [-0.4, -0.2) is 11.1 Å². The van der Waals surface area contributed by atoms with Crippen molar-refractivity contribution in [3.63, 3.8) is 0 Å². The minimum Gasteiger partial charge on any atom is -0.478 e. The summed E-state index contributed by atoms with van der Waals surface area (Å²) < 4.78 is 0. The summed E-state index contributed by atoms with van der Waals surface area (Å²) in [5, 5.41) is 7.60. The van der Waals surface area contributed by atoms with E-state index in [0.717, 1.165) is 6.08 Å². The van der Waals surface area contributed by atoms with E-state index in [1.165, 1.54) is 6.08 Å². The van der Waals surface area contributed by atoms with Crippen molar-refractivity contribution in [2.45, 2.75) is 0 Å². The predicted octanol–water partition coefficient (Wildman–Crippen LogP) is -1.58. The molecule has 0 atom stereocenters. The molecule has 0 aliphatic rings. The van der Waals surface area contributed by atoms with Crippen molar-refractivity contribution in [1.29, 1.82) is 0 Å². The van der Waals surface area contributed by atoms with Crippen LogP contribution in [0.25, 0.3) is 0 Å². The Labute approximate surface area is 83.2 Å². The van der Waals surface area contributed by atoms with Crippen LogP contribution < -0.4 is 29.6 Å². The fourth-order valence-corrected chi connectivity index (χ4v) is 0. The summed E-state index contributed by atoms with van der Waals surface area (Å²) in [6.07, 6.45) is 4.79. The van der Waals surface area contributed by atoms with Crippen LogP contribution in [0.4, 0.5) is 0 Å². The Morgan fingerprint density at radius 1 is 1.50 bits per heavy atom. The van der Waals surface area contributed by atoms with E-state index in [1.54, 1.807) is 0 Å². The maximum Gasteiger partial charge on any atom is 1.00 e. The fourth-order valence-electron chi connectivity index (χ4n) is 0. The van der Waals surface area contributed by atoms with E-state index in [-0.39, 0.29) is 29.6 Å². The van der Waals surface area contributed by atoms with E-state index in [4.69, 9.17) is 5.11 Å². The van der Waals surface area contributed by atoms with E-state index in [9.17, 15) is 4.79 Å². The maximum atomic E-state index is 9.25. The first kappa shape index (κ1) is 16.3. The van der Waals surface area contributed by atoms with E-state index in [0.29, 0.717) is 0 Å². The van der Waals surface area contributed by atoms with Crippen molar-refractivity contribution >= 4 is 5.97 Å². The molecule has 0 unspecified atom stereocenters. The zero-order valence-corrected chi connectivity index (χ0v) is 8.13. The fraction of sp³-hybridized carbons (Fsp3) is 0. The first-order valence-electron chi connectivity index (χ1n) is 2.18. The molecule has 0 spiro atoms. The normalized spacial score (nSPS) is 5.20. The molecule has 1 N–H and O–H groups in total. The molecule has 0 aliphatic carbocycles. The van der Waals surface area contributed by atoms with Crippen LogP contribution in [0.2, 0.25) is 0 Å². The molecule has 0 saturated carbocycles. The Bertz CT molecular complexity index is 113. The van der Waals surface area contributed by atoms with Crippen LogP contribution in [0, 0.1) is 6.08 Å². The number of aliphatic carboxylic acids is 1. The second-order valence-corrected chi connectivity index (χ2v) is 0.951. The monoisotopic (exact) mass is 148 g/mol. The Kier molecular flexibility index (Phi) is 26.0. The molecule has 0 aromatic rings. The molecule has 0 rings (SSSR count). The zero-order valence-electron chi connectivity index (χ0n) is 6.13. The summed E-state index contributed by atoms with van der Waals surface area (Å²) in [5.74, 6) is -0.981. The summed E-state index contributed by atoms with van der Waals surface area (Å²) >= 11 is 0. The number of carboxylic acids is 1. The molecular formula is C7H9NaO2. The Hall–Kier alpha value is -0.310. The van der Waals surface area contributed by atoms with Gasteiger partial charge in [0, 0.05) is 6.08 Å². The third kappa shape index (κ3) is 47.6. The van der Waals surface area contributed by atoms with E-state index >= 15 is 0 Å². The molecular weight excluding hydrogens is 139 g/mol. The molecule has 0 saturated heterocycles. The van der Waals surface area contributed by atoms with E-state index in [1.807, 2.05) is 0 Å². The molecule has 3 heteroatoms. The van der Waals surface area contributed by atoms with Crippen molar-refractivity contribution in [1.82, 2.24) is 0 Å². The van der Waals surface area contributed by atoms with Gasteiger partial charge in [0.15, 0.2) is 0 Å². The van der Waals surface area contributed by atoms with Crippen LogP contribution in [0.5, 0.6) is 0 Å². The van der Waals surface area contributed by atoms with Gasteiger partial charge in [-0.15, -0.1) is 0 Å². The van der Waals surface area contributed by atoms with Gasteiger partial charge in [0.2, 0.25) is 0 Å². The molecule has 50 valence electrons. The van der Waals surface area contributed by atoms with Gasteiger partial charge >= 0.3 is 35.5 Å². The Balaban J connectivity index is -0.0000000910.